The van der Waals surface area contributed by atoms with E-state index in [1.54, 1.807) is 42.1 Å². The van der Waals surface area contributed by atoms with Crippen LogP contribution in [-0.4, -0.2) is 38.0 Å². The van der Waals surface area contributed by atoms with E-state index in [1.165, 1.54) is 4.31 Å². The number of hydrogen-bond acceptors (Lipinski definition) is 4. The Hall–Kier alpha value is -1.83. The Kier molecular flexibility index (Phi) is 6.01. The van der Waals surface area contributed by atoms with Gasteiger partial charge in [0.25, 0.3) is 0 Å². The van der Waals surface area contributed by atoms with E-state index in [-0.39, 0.29) is 23.3 Å². The second kappa shape index (κ2) is 8.24. The zero-order valence-electron chi connectivity index (χ0n) is 14.6. The molecule has 138 valence electrons. The van der Waals surface area contributed by atoms with Crippen LogP contribution in [0.15, 0.2) is 64.4 Å². The summed E-state index contributed by atoms with van der Waals surface area (Å²) in [4.78, 5) is 14.0. The molecule has 5 nitrogen and oxygen atoms in total. The van der Waals surface area contributed by atoms with Crippen LogP contribution in [0.5, 0.6) is 0 Å². The van der Waals surface area contributed by atoms with Crippen LogP contribution < -0.4 is 5.32 Å². The number of thioether (sulfide) groups is 1. The maximum atomic E-state index is 12.8. The Morgan fingerprint density at radius 1 is 1.12 bits per heavy atom. The fourth-order valence-corrected chi connectivity index (χ4v) is 5.20. The van der Waals surface area contributed by atoms with Crippen molar-refractivity contribution in [2.45, 2.75) is 22.6 Å². The molecule has 0 saturated carbocycles. The van der Waals surface area contributed by atoms with E-state index in [1.807, 2.05) is 30.5 Å². The molecule has 1 N–H and O–H groups in total. The van der Waals surface area contributed by atoms with Gasteiger partial charge in [0.05, 0.1) is 16.5 Å². The number of nitrogens with zero attached hydrogens (tertiary/aromatic N) is 1. The minimum atomic E-state index is -3.56. The van der Waals surface area contributed by atoms with E-state index >= 15 is 0 Å². The zero-order chi connectivity index (χ0) is 18.6. The van der Waals surface area contributed by atoms with Crippen LogP contribution in [0.4, 0.5) is 5.69 Å². The van der Waals surface area contributed by atoms with Crippen molar-refractivity contribution in [3.8, 4) is 0 Å². The minimum Gasteiger partial charge on any atom is -0.325 e. The monoisotopic (exact) mass is 390 g/mol. The van der Waals surface area contributed by atoms with Crippen molar-refractivity contribution in [1.29, 1.82) is 0 Å². The summed E-state index contributed by atoms with van der Waals surface area (Å²) in [7, 11) is -3.56. The molecule has 1 amide bonds. The van der Waals surface area contributed by atoms with Gasteiger partial charge in [-0.2, -0.15) is 4.31 Å². The van der Waals surface area contributed by atoms with Gasteiger partial charge < -0.3 is 5.32 Å². The van der Waals surface area contributed by atoms with Crippen LogP contribution in [0.1, 0.15) is 12.8 Å². The Labute approximate surface area is 158 Å². The standard InChI is InChI=1S/C19H22N2O3S2/c1-25-18-12-6-5-11-17(18)20-19(22)15-8-7-13-21(14-15)26(23,24)16-9-3-2-4-10-16/h2-6,9-12,15H,7-8,13-14H2,1H3,(H,20,22)/t15-/m1/s1. The molecule has 2 aromatic carbocycles. The molecule has 0 aliphatic carbocycles. The first-order valence-corrected chi connectivity index (χ1v) is 11.2. The molecule has 1 aliphatic heterocycles. The summed E-state index contributed by atoms with van der Waals surface area (Å²) >= 11 is 1.57. The molecule has 0 radical (unpaired) electrons. The maximum absolute atomic E-state index is 12.8. The number of hydrogen-bond donors (Lipinski definition) is 1. The van der Waals surface area contributed by atoms with E-state index in [0.717, 1.165) is 10.6 Å². The lowest BCUT2D eigenvalue weighted by Gasteiger charge is -2.31. The van der Waals surface area contributed by atoms with Crippen LogP contribution in [-0.2, 0) is 14.8 Å². The van der Waals surface area contributed by atoms with Gasteiger partial charge in [0.15, 0.2) is 0 Å². The number of amides is 1. The second-order valence-corrected chi connectivity index (χ2v) is 8.99. The quantitative estimate of drug-likeness (QED) is 0.794. The number of rotatable bonds is 5. The van der Waals surface area contributed by atoms with Crippen molar-refractivity contribution in [3.05, 3.63) is 54.6 Å². The van der Waals surface area contributed by atoms with Gasteiger partial charge in [0.1, 0.15) is 0 Å². The molecular formula is C19H22N2O3S2. The molecule has 0 aromatic heterocycles. The average Bonchev–Trinajstić information content (AvgIpc) is 2.69. The molecule has 0 unspecified atom stereocenters. The third-order valence-corrected chi connectivity index (χ3v) is 7.18. The number of sulfonamides is 1. The largest absolute Gasteiger partial charge is 0.325 e. The smallest absolute Gasteiger partial charge is 0.243 e. The molecule has 1 atom stereocenters. The van der Waals surface area contributed by atoms with Gasteiger partial charge >= 0.3 is 0 Å². The van der Waals surface area contributed by atoms with Crippen molar-refractivity contribution in [1.82, 2.24) is 4.31 Å². The van der Waals surface area contributed by atoms with Crippen molar-refractivity contribution in [2.75, 3.05) is 24.7 Å². The van der Waals surface area contributed by atoms with Gasteiger partial charge in [-0.1, -0.05) is 30.3 Å². The highest BCUT2D eigenvalue weighted by Crippen LogP contribution is 2.28. The highest BCUT2D eigenvalue weighted by atomic mass is 32.2. The molecule has 26 heavy (non-hydrogen) atoms. The molecule has 0 spiro atoms. The molecule has 0 bridgehead atoms. The summed E-state index contributed by atoms with van der Waals surface area (Å²) in [5, 5.41) is 2.96. The predicted molar refractivity (Wildman–Crippen MR) is 105 cm³/mol. The maximum Gasteiger partial charge on any atom is 0.243 e. The van der Waals surface area contributed by atoms with Gasteiger partial charge in [-0.15, -0.1) is 11.8 Å². The first kappa shape index (κ1) is 18.9. The second-order valence-electron chi connectivity index (χ2n) is 6.20. The summed E-state index contributed by atoms with van der Waals surface area (Å²) in [5.74, 6) is -0.475. The lowest BCUT2D eigenvalue weighted by molar-refractivity contribution is -0.120. The lowest BCUT2D eigenvalue weighted by Crippen LogP contribution is -2.43. The molecule has 3 rings (SSSR count). The van der Waals surface area contributed by atoms with Crippen LogP contribution in [0.3, 0.4) is 0 Å². The number of para-hydroxylation sites is 1. The number of nitrogens with one attached hydrogen (secondary N) is 1. The van der Waals surface area contributed by atoms with Gasteiger partial charge in [-0.05, 0) is 43.4 Å². The first-order chi connectivity index (χ1) is 12.5. The lowest BCUT2D eigenvalue weighted by atomic mass is 9.99. The summed E-state index contributed by atoms with van der Waals surface area (Å²) in [6.45, 7) is 0.660. The Bertz CT molecular complexity index is 869. The van der Waals surface area contributed by atoms with Crippen LogP contribution in [0.2, 0.25) is 0 Å². The van der Waals surface area contributed by atoms with Crippen molar-refractivity contribution in [2.24, 2.45) is 5.92 Å². The van der Waals surface area contributed by atoms with E-state index in [4.69, 9.17) is 0 Å². The average molecular weight is 391 g/mol. The summed E-state index contributed by atoms with van der Waals surface area (Å²) in [6.07, 6.45) is 3.32. The molecule has 1 fully saturated rings. The number of anilines is 1. The van der Waals surface area contributed by atoms with Gasteiger partial charge in [-0.3, -0.25) is 4.79 Å². The summed E-state index contributed by atoms with van der Waals surface area (Å²) < 4.78 is 27.0. The Morgan fingerprint density at radius 2 is 1.81 bits per heavy atom. The highest BCUT2D eigenvalue weighted by molar-refractivity contribution is 7.98. The summed E-state index contributed by atoms with van der Waals surface area (Å²) in [6, 6.07) is 16.0. The normalized spacial score (nSPS) is 18.4. The van der Waals surface area contributed by atoms with Crippen LogP contribution in [0.25, 0.3) is 0 Å². The number of piperidine rings is 1. The Balaban J connectivity index is 1.73. The first-order valence-electron chi connectivity index (χ1n) is 8.51. The SMILES string of the molecule is CSc1ccccc1NC(=O)[C@@H]1CCCN(S(=O)(=O)c2ccccc2)C1. The third kappa shape index (κ3) is 4.11. The van der Waals surface area contributed by atoms with E-state index < -0.39 is 10.0 Å². The summed E-state index contributed by atoms with van der Waals surface area (Å²) in [5.41, 5.74) is 0.771. The minimum absolute atomic E-state index is 0.125. The third-order valence-electron chi connectivity index (χ3n) is 4.50. The van der Waals surface area contributed by atoms with Crippen molar-refractivity contribution >= 4 is 33.4 Å². The molecule has 1 saturated heterocycles. The molecule has 1 heterocycles. The van der Waals surface area contributed by atoms with E-state index in [0.29, 0.717) is 19.4 Å². The van der Waals surface area contributed by atoms with Crippen LogP contribution in [0, 0.1) is 5.92 Å². The molecular weight excluding hydrogens is 368 g/mol. The topological polar surface area (TPSA) is 66.5 Å². The number of carbonyl (C=O) groups is 1. The Morgan fingerprint density at radius 3 is 2.54 bits per heavy atom. The molecule has 2 aromatic rings. The zero-order valence-corrected chi connectivity index (χ0v) is 16.2. The number of carbonyl (C=O) groups excluding carboxylic acids is 1. The van der Waals surface area contributed by atoms with E-state index in [9.17, 15) is 13.2 Å². The molecule has 7 heteroatoms. The van der Waals surface area contributed by atoms with Crippen molar-refractivity contribution in [3.63, 3.8) is 0 Å². The van der Waals surface area contributed by atoms with Gasteiger partial charge in [0, 0.05) is 18.0 Å². The number of benzene rings is 2. The highest BCUT2D eigenvalue weighted by Gasteiger charge is 2.33. The predicted octanol–water partition coefficient (Wildman–Crippen LogP) is 3.45. The van der Waals surface area contributed by atoms with Gasteiger partial charge in [0.2, 0.25) is 15.9 Å². The van der Waals surface area contributed by atoms with Crippen molar-refractivity contribution < 1.29 is 13.2 Å². The fraction of sp³-hybridized carbons (Fsp3) is 0.316. The molecule has 1 aliphatic rings. The van der Waals surface area contributed by atoms with Crippen LogP contribution >= 0.6 is 11.8 Å². The fourth-order valence-electron chi connectivity index (χ4n) is 3.10. The van der Waals surface area contributed by atoms with Gasteiger partial charge in [-0.25, -0.2) is 8.42 Å². The van der Waals surface area contributed by atoms with E-state index in [2.05, 4.69) is 5.32 Å².